The molecule has 0 fully saturated rings. The first-order chi connectivity index (χ1) is 3.41. The molecular formula is C5H11IO. The van der Waals surface area contributed by atoms with E-state index < -0.39 is 0 Å². The number of alkyl halides is 1. The SMILES string of the molecule is CCOCCCI. The van der Waals surface area contributed by atoms with Crippen molar-refractivity contribution in [2.24, 2.45) is 0 Å². The summed E-state index contributed by atoms with van der Waals surface area (Å²) in [6, 6.07) is 0. The molecule has 0 aromatic heterocycles. The van der Waals surface area contributed by atoms with Crippen molar-refractivity contribution in [3.8, 4) is 0 Å². The fourth-order valence-electron chi connectivity index (χ4n) is 0.301. The minimum Gasteiger partial charge on any atom is -0.382 e. The molecule has 0 saturated carbocycles. The summed E-state index contributed by atoms with van der Waals surface area (Å²) in [4.78, 5) is 0. The zero-order valence-electron chi connectivity index (χ0n) is 4.61. The molecule has 0 rings (SSSR count). The van der Waals surface area contributed by atoms with Crippen molar-refractivity contribution >= 4 is 22.6 Å². The van der Waals surface area contributed by atoms with Gasteiger partial charge in [-0.25, -0.2) is 0 Å². The normalized spacial score (nSPS) is 9.43. The van der Waals surface area contributed by atoms with Gasteiger partial charge in [0.2, 0.25) is 0 Å². The lowest BCUT2D eigenvalue weighted by Gasteiger charge is -1.94. The summed E-state index contributed by atoms with van der Waals surface area (Å²) in [5, 5.41) is 0. The van der Waals surface area contributed by atoms with Gasteiger partial charge in [-0.1, -0.05) is 22.6 Å². The molecule has 0 saturated heterocycles. The second-order valence-corrected chi connectivity index (χ2v) is 2.32. The molecule has 0 aliphatic rings. The zero-order valence-corrected chi connectivity index (χ0v) is 6.77. The van der Waals surface area contributed by atoms with Gasteiger partial charge in [-0.05, 0) is 13.3 Å². The van der Waals surface area contributed by atoms with Crippen molar-refractivity contribution in [1.82, 2.24) is 0 Å². The summed E-state index contributed by atoms with van der Waals surface area (Å²) in [7, 11) is 0. The van der Waals surface area contributed by atoms with Gasteiger partial charge in [0, 0.05) is 17.6 Å². The largest absolute Gasteiger partial charge is 0.382 e. The van der Waals surface area contributed by atoms with Crippen LogP contribution in [0.15, 0.2) is 0 Å². The van der Waals surface area contributed by atoms with Crippen LogP contribution in [0.5, 0.6) is 0 Å². The molecule has 7 heavy (non-hydrogen) atoms. The van der Waals surface area contributed by atoms with Crippen molar-refractivity contribution in [3.05, 3.63) is 0 Å². The van der Waals surface area contributed by atoms with Crippen LogP contribution in [0, 0.1) is 0 Å². The van der Waals surface area contributed by atoms with E-state index in [2.05, 4.69) is 22.6 Å². The van der Waals surface area contributed by atoms with Gasteiger partial charge in [-0.2, -0.15) is 0 Å². The number of ether oxygens (including phenoxy) is 1. The molecule has 0 aliphatic carbocycles. The highest BCUT2D eigenvalue weighted by molar-refractivity contribution is 14.1. The molecule has 0 aliphatic heterocycles. The minimum absolute atomic E-state index is 0.858. The Morgan fingerprint density at radius 1 is 1.57 bits per heavy atom. The molecule has 2 heteroatoms. The van der Waals surface area contributed by atoms with E-state index in [4.69, 9.17) is 4.74 Å². The lowest BCUT2D eigenvalue weighted by molar-refractivity contribution is 0.149. The highest BCUT2D eigenvalue weighted by atomic mass is 127. The summed E-state index contributed by atoms with van der Waals surface area (Å²) in [5.74, 6) is 0. The first-order valence-corrected chi connectivity index (χ1v) is 4.08. The molecule has 0 aromatic carbocycles. The highest BCUT2D eigenvalue weighted by Crippen LogP contribution is 1.87. The van der Waals surface area contributed by atoms with E-state index in [1.807, 2.05) is 6.92 Å². The van der Waals surface area contributed by atoms with Crippen molar-refractivity contribution in [2.45, 2.75) is 13.3 Å². The van der Waals surface area contributed by atoms with Gasteiger partial charge >= 0.3 is 0 Å². The number of hydrogen-bond donors (Lipinski definition) is 0. The average Bonchev–Trinajstić information content (AvgIpc) is 1.69. The Bertz CT molecular complexity index is 27.3. The van der Waals surface area contributed by atoms with E-state index in [9.17, 15) is 0 Å². The van der Waals surface area contributed by atoms with Crippen molar-refractivity contribution in [3.63, 3.8) is 0 Å². The molecular weight excluding hydrogens is 203 g/mol. The average molecular weight is 214 g/mol. The first kappa shape index (κ1) is 7.69. The van der Waals surface area contributed by atoms with E-state index in [0.717, 1.165) is 13.2 Å². The molecule has 0 unspecified atom stereocenters. The fourth-order valence-corrected chi connectivity index (χ4v) is 0.612. The molecule has 0 heterocycles. The van der Waals surface area contributed by atoms with Gasteiger partial charge in [0.05, 0.1) is 0 Å². The van der Waals surface area contributed by atoms with Crippen molar-refractivity contribution < 1.29 is 4.74 Å². The second-order valence-electron chi connectivity index (χ2n) is 1.24. The van der Waals surface area contributed by atoms with E-state index in [1.54, 1.807) is 0 Å². The number of halogens is 1. The van der Waals surface area contributed by atoms with Gasteiger partial charge < -0.3 is 4.74 Å². The van der Waals surface area contributed by atoms with Gasteiger partial charge in [-0.3, -0.25) is 0 Å². The predicted molar refractivity (Wildman–Crippen MR) is 40.0 cm³/mol. The number of rotatable bonds is 4. The summed E-state index contributed by atoms with van der Waals surface area (Å²) in [5.41, 5.74) is 0. The molecule has 0 spiro atoms. The fraction of sp³-hybridized carbons (Fsp3) is 1.00. The van der Waals surface area contributed by atoms with Crippen LogP contribution in [0.4, 0.5) is 0 Å². The Balaban J connectivity index is 2.45. The highest BCUT2D eigenvalue weighted by Gasteiger charge is 1.79. The van der Waals surface area contributed by atoms with Gasteiger partial charge in [0.1, 0.15) is 0 Å². The van der Waals surface area contributed by atoms with Crippen molar-refractivity contribution in [2.75, 3.05) is 17.6 Å². The standard InChI is InChI=1S/C5H11IO/c1-2-7-5-3-4-6/h2-5H2,1H3. The minimum atomic E-state index is 0.858. The molecule has 0 bridgehead atoms. The Morgan fingerprint density at radius 2 is 2.29 bits per heavy atom. The van der Waals surface area contributed by atoms with Crippen molar-refractivity contribution in [1.29, 1.82) is 0 Å². The first-order valence-electron chi connectivity index (χ1n) is 2.55. The third-order valence-electron chi connectivity index (χ3n) is 0.626. The van der Waals surface area contributed by atoms with E-state index in [0.29, 0.717) is 0 Å². The van der Waals surface area contributed by atoms with Gasteiger partial charge in [0.25, 0.3) is 0 Å². The van der Waals surface area contributed by atoms with E-state index in [-0.39, 0.29) is 0 Å². The Labute approximate surface area is 58.6 Å². The molecule has 0 atom stereocenters. The molecule has 0 N–H and O–H groups in total. The van der Waals surface area contributed by atoms with E-state index in [1.165, 1.54) is 10.8 Å². The Kier molecular flexibility index (Phi) is 7.35. The third-order valence-corrected chi connectivity index (χ3v) is 1.39. The summed E-state index contributed by atoms with van der Waals surface area (Å²) in [6.07, 6.45) is 1.19. The molecule has 0 amide bonds. The number of hydrogen-bond acceptors (Lipinski definition) is 1. The third kappa shape index (κ3) is 6.69. The lowest BCUT2D eigenvalue weighted by atomic mass is 10.5. The van der Waals surface area contributed by atoms with Crippen LogP contribution >= 0.6 is 22.6 Å². The summed E-state index contributed by atoms with van der Waals surface area (Å²) in [6.45, 7) is 3.81. The molecule has 0 radical (unpaired) electrons. The predicted octanol–water partition coefficient (Wildman–Crippen LogP) is 1.85. The van der Waals surface area contributed by atoms with Gasteiger partial charge in [0.15, 0.2) is 0 Å². The van der Waals surface area contributed by atoms with Crippen LogP contribution in [-0.2, 0) is 4.74 Å². The van der Waals surface area contributed by atoms with Crippen LogP contribution in [0.3, 0.4) is 0 Å². The maximum atomic E-state index is 5.07. The Morgan fingerprint density at radius 3 is 2.71 bits per heavy atom. The van der Waals surface area contributed by atoms with E-state index >= 15 is 0 Å². The molecule has 0 aromatic rings. The van der Waals surface area contributed by atoms with Crippen LogP contribution in [0.25, 0.3) is 0 Å². The molecule has 1 nitrogen and oxygen atoms in total. The van der Waals surface area contributed by atoms with Crippen LogP contribution in [-0.4, -0.2) is 17.6 Å². The maximum absolute atomic E-state index is 5.07. The monoisotopic (exact) mass is 214 g/mol. The smallest absolute Gasteiger partial charge is 0.0473 e. The lowest BCUT2D eigenvalue weighted by Crippen LogP contribution is -1.92. The zero-order chi connectivity index (χ0) is 5.54. The maximum Gasteiger partial charge on any atom is 0.0473 e. The van der Waals surface area contributed by atoms with Crippen LogP contribution in [0.2, 0.25) is 0 Å². The van der Waals surface area contributed by atoms with Gasteiger partial charge in [-0.15, -0.1) is 0 Å². The van der Waals surface area contributed by atoms with Crippen LogP contribution in [0.1, 0.15) is 13.3 Å². The summed E-state index contributed by atoms with van der Waals surface area (Å²) < 4.78 is 6.28. The Hall–Kier alpha value is 0.690. The summed E-state index contributed by atoms with van der Waals surface area (Å²) >= 11 is 2.35. The van der Waals surface area contributed by atoms with Crippen LogP contribution < -0.4 is 0 Å². The quantitative estimate of drug-likeness (QED) is 0.394. The topological polar surface area (TPSA) is 9.23 Å². The second kappa shape index (κ2) is 6.69. The molecule has 44 valence electrons.